The third kappa shape index (κ3) is 5.56. The van der Waals surface area contributed by atoms with Gasteiger partial charge in [0.1, 0.15) is 0 Å². The van der Waals surface area contributed by atoms with Gasteiger partial charge in [0, 0.05) is 13.1 Å². The molecule has 136 valence electrons. The van der Waals surface area contributed by atoms with Crippen LogP contribution < -0.4 is 9.47 Å². The number of nitrogens with zero attached hydrogens (tertiary/aromatic N) is 1. The first-order chi connectivity index (χ1) is 11.3. The van der Waals surface area contributed by atoms with Crippen molar-refractivity contribution in [2.24, 2.45) is 5.92 Å². The average Bonchev–Trinajstić information content (AvgIpc) is 2.94. The van der Waals surface area contributed by atoms with Crippen molar-refractivity contribution in [3.8, 4) is 11.5 Å². The van der Waals surface area contributed by atoms with Crippen molar-refractivity contribution >= 4 is 0 Å². The van der Waals surface area contributed by atoms with Crippen LogP contribution in [-0.4, -0.2) is 48.6 Å². The van der Waals surface area contributed by atoms with Crippen LogP contribution in [0.5, 0.6) is 11.5 Å². The number of hydrogen-bond acceptors (Lipinski definition) is 4. The number of likely N-dealkylation sites (tertiary alicyclic amines) is 1. The van der Waals surface area contributed by atoms with Crippen molar-refractivity contribution in [1.29, 1.82) is 0 Å². The summed E-state index contributed by atoms with van der Waals surface area (Å²) in [5, 5.41) is 9.66. The van der Waals surface area contributed by atoms with Gasteiger partial charge >= 0.3 is 6.18 Å². The fraction of sp³-hybridized carbons (Fsp3) is 0.647. The van der Waals surface area contributed by atoms with E-state index in [1.165, 1.54) is 6.07 Å². The van der Waals surface area contributed by atoms with E-state index in [1.54, 1.807) is 26.0 Å². The van der Waals surface area contributed by atoms with E-state index in [0.717, 1.165) is 25.1 Å². The Morgan fingerprint density at radius 2 is 2.04 bits per heavy atom. The number of benzene rings is 1. The highest BCUT2D eigenvalue weighted by Gasteiger charge is 2.29. The van der Waals surface area contributed by atoms with Crippen molar-refractivity contribution in [3.05, 3.63) is 23.8 Å². The maximum Gasteiger partial charge on any atom is 0.422 e. The third-order valence-electron chi connectivity index (χ3n) is 4.10. The second-order valence-corrected chi connectivity index (χ2v) is 6.14. The Morgan fingerprint density at radius 1 is 1.29 bits per heavy atom. The van der Waals surface area contributed by atoms with E-state index in [0.29, 0.717) is 18.9 Å². The molecule has 2 atom stereocenters. The normalized spacial score (nSPS) is 20.2. The number of alkyl halides is 3. The molecule has 7 heteroatoms. The first-order valence-electron chi connectivity index (χ1n) is 8.14. The molecule has 1 aliphatic heterocycles. The lowest BCUT2D eigenvalue weighted by molar-refractivity contribution is -0.153. The van der Waals surface area contributed by atoms with Crippen LogP contribution in [0.2, 0.25) is 0 Å². The van der Waals surface area contributed by atoms with Gasteiger partial charge in [-0.1, -0.05) is 6.07 Å². The zero-order valence-electron chi connectivity index (χ0n) is 14.0. The van der Waals surface area contributed by atoms with Crippen molar-refractivity contribution in [2.75, 3.05) is 26.3 Å². The molecule has 1 aliphatic rings. The summed E-state index contributed by atoms with van der Waals surface area (Å²) in [6.07, 6.45) is -3.76. The van der Waals surface area contributed by atoms with E-state index in [2.05, 4.69) is 4.90 Å². The number of aliphatic hydroxyl groups is 1. The number of hydrogen-bond donors (Lipinski definition) is 1. The van der Waals surface area contributed by atoms with Gasteiger partial charge in [0.05, 0.1) is 12.7 Å². The van der Waals surface area contributed by atoms with Gasteiger partial charge in [0.2, 0.25) is 0 Å². The Labute approximate surface area is 140 Å². The van der Waals surface area contributed by atoms with Gasteiger partial charge in [-0.3, -0.25) is 4.90 Å². The van der Waals surface area contributed by atoms with Crippen LogP contribution >= 0.6 is 0 Å². The smallest absolute Gasteiger partial charge is 0.422 e. The average molecular weight is 347 g/mol. The van der Waals surface area contributed by atoms with Crippen molar-refractivity contribution in [1.82, 2.24) is 4.90 Å². The van der Waals surface area contributed by atoms with Gasteiger partial charge in [0.15, 0.2) is 18.1 Å². The van der Waals surface area contributed by atoms with E-state index < -0.39 is 12.8 Å². The highest BCUT2D eigenvalue weighted by atomic mass is 19.4. The minimum atomic E-state index is -4.38. The highest BCUT2D eigenvalue weighted by Crippen LogP contribution is 2.31. The van der Waals surface area contributed by atoms with E-state index in [1.807, 2.05) is 0 Å². The van der Waals surface area contributed by atoms with E-state index in [9.17, 15) is 18.3 Å². The molecule has 0 amide bonds. The Balaban J connectivity index is 2.02. The van der Waals surface area contributed by atoms with Crippen LogP contribution in [0.4, 0.5) is 13.2 Å². The number of ether oxygens (including phenoxy) is 2. The van der Waals surface area contributed by atoms with Crippen molar-refractivity contribution in [2.45, 2.75) is 39.1 Å². The first kappa shape index (κ1) is 18.9. The third-order valence-corrected chi connectivity index (χ3v) is 4.10. The SMILES string of the molecule is CCOc1cc(CN2CCC(C(C)O)C2)ccc1OCC(F)(F)F. The fourth-order valence-electron chi connectivity index (χ4n) is 2.86. The van der Waals surface area contributed by atoms with Crippen LogP contribution in [0.3, 0.4) is 0 Å². The fourth-order valence-corrected chi connectivity index (χ4v) is 2.86. The summed E-state index contributed by atoms with van der Waals surface area (Å²) in [5.41, 5.74) is 0.948. The Bertz CT molecular complexity index is 534. The second-order valence-electron chi connectivity index (χ2n) is 6.14. The molecule has 24 heavy (non-hydrogen) atoms. The summed E-state index contributed by atoms with van der Waals surface area (Å²) in [5.74, 6) is 0.692. The molecule has 1 aromatic carbocycles. The molecular weight excluding hydrogens is 323 g/mol. The Morgan fingerprint density at radius 3 is 2.62 bits per heavy atom. The molecule has 0 spiro atoms. The Kier molecular flexibility index (Phi) is 6.34. The Hall–Kier alpha value is -1.47. The molecule has 1 N–H and O–H groups in total. The van der Waals surface area contributed by atoms with Crippen molar-refractivity contribution in [3.63, 3.8) is 0 Å². The second kappa shape index (κ2) is 8.07. The lowest BCUT2D eigenvalue weighted by atomic mass is 10.0. The van der Waals surface area contributed by atoms with Crippen LogP contribution in [0.1, 0.15) is 25.8 Å². The zero-order valence-corrected chi connectivity index (χ0v) is 14.0. The quantitative estimate of drug-likeness (QED) is 0.822. The van der Waals surface area contributed by atoms with Gasteiger partial charge < -0.3 is 14.6 Å². The van der Waals surface area contributed by atoms with Gasteiger partial charge in [-0.15, -0.1) is 0 Å². The summed E-state index contributed by atoms with van der Waals surface area (Å²) in [4.78, 5) is 2.22. The van der Waals surface area contributed by atoms with Gasteiger partial charge in [-0.2, -0.15) is 13.2 Å². The zero-order chi connectivity index (χ0) is 17.7. The van der Waals surface area contributed by atoms with E-state index in [-0.39, 0.29) is 17.8 Å². The van der Waals surface area contributed by atoms with Crippen LogP contribution in [0.15, 0.2) is 18.2 Å². The highest BCUT2D eigenvalue weighted by molar-refractivity contribution is 5.43. The van der Waals surface area contributed by atoms with E-state index >= 15 is 0 Å². The van der Waals surface area contributed by atoms with Gasteiger partial charge in [-0.25, -0.2) is 0 Å². The molecule has 0 saturated carbocycles. The van der Waals surface area contributed by atoms with Crippen LogP contribution in [0, 0.1) is 5.92 Å². The molecule has 0 bridgehead atoms. The summed E-state index contributed by atoms with van der Waals surface area (Å²) < 4.78 is 47.2. The largest absolute Gasteiger partial charge is 0.490 e. The number of aliphatic hydroxyl groups excluding tert-OH is 1. The summed E-state index contributed by atoms with van der Waals surface area (Å²) in [6, 6.07) is 5.00. The lowest BCUT2D eigenvalue weighted by Gasteiger charge is -2.19. The molecule has 1 aromatic rings. The number of rotatable bonds is 7. The molecule has 0 radical (unpaired) electrons. The molecule has 2 rings (SSSR count). The summed E-state index contributed by atoms with van der Waals surface area (Å²) >= 11 is 0. The van der Waals surface area contributed by atoms with Crippen molar-refractivity contribution < 1.29 is 27.8 Å². The van der Waals surface area contributed by atoms with Gasteiger partial charge in [-0.05, 0) is 50.4 Å². The van der Waals surface area contributed by atoms with Crippen LogP contribution in [-0.2, 0) is 6.54 Å². The molecule has 1 fully saturated rings. The molecular formula is C17H24F3NO3. The predicted octanol–water partition coefficient (Wildman–Crippen LogP) is 3.23. The maximum atomic E-state index is 12.3. The molecule has 0 aliphatic carbocycles. The van der Waals surface area contributed by atoms with E-state index in [4.69, 9.17) is 9.47 Å². The van der Waals surface area contributed by atoms with Gasteiger partial charge in [0.25, 0.3) is 0 Å². The molecule has 0 aromatic heterocycles. The van der Waals surface area contributed by atoms with Crippen LogP contribution in [0.25, 0.3) is 0 Å². The minimum absolute atomic E-state index is 0.0983. The summed E-state index contributed by atoms with van der Waals surface area (Å²) in [7, 11) is 0. The molecule has 1 saturated heterocycles. The topological polar surface area (TPSA) is 41.9 Å². The summed E-state index contributed by atoms with van der Waals surface area (Å²) in [6.45, 7) is 4.96. The lowest BCUT2D eigenvalue weighted by Crippen LogP contribution is -2.24. The molecule has 1 heterocycles. The predicted molar refractivity (Wildman–Crippen MR) is 84.2 cm³/mol. The number of halogens is 3. The first-order valence-corrected chi connectivity index (χ1v) is 8.14. The monoisotopic (exact) mass is 347 g/mol. The molecule has 2 unspecified atom stereocenters. The molecule has 4 nitrogen and oxygen atoms in total. The maximum absolute atomic E-state index is 12.3. The minimum Gasteiger partial charge on any atom is -0.490 e. The standard InChI is InChI=1S/C17H24F3NO3/c1-3-23-16-8-13(4-5-15(16)24-11-17(18,19)20)9-21-7-6-14(10-21)12(2)22/h4-5,8,12,14,22H,3,6-7,9-11H2,1-2H3.